The van der Waals surface area contributed by atoms with Gasteiger partial charge >= 0.3 is 0 Å². The molecule has 0 aromatic heterocycles. The van der Waals surface area contributed by atoms with Crippen LogP contribution in [-0.4, -0.2) is 19.0 Å². The second kappa shape index (κ2) is 5.06. The zero-order valence-electron chi connectivity index (χ0n) is 10.6. The molecule has 1 fully saturated rings. The van der Waals surface area contributed by atoms with E-state index in [0.29, 0.717) is 24.2 Å². The maximum absolute atomic E-state index is 13.4. The van der Waals surface area contributed by atoms with Gasteiger partial charge in [-0.2, -0.15) is 0 Å². The van der Waals surface area contributed by atoms with Crippen molar-refractivity contribution in [2.24, 2.45) is 11.1 Å². The van der Waals surface area contributed by atoms with Crippen LogP contribution in [0, 0.1) is 18.2 Å². The summed E-state index contributed by atoms with van der Waals surface area (Å²) < 4.78 is 13.4. The van der Waals surface area contributed by atoms with E-state index < -0.39 is 0 Å². The highest BCUT2D eigenvalue weighted by Gasteiger charge is 2.41. The van der Waals surface area contributed by atoms with E-state index in [2.05, 4.69) is 5.32 Å². The van der Waals surface area contributed by atoms with Gasteiger partial charge in [-0.1, -0.05) is 6.07 Å². The van der Waals surface area contributed by atoms with Crippen LogP contribution in [-0.2, 0) is 0 Å². The predicted molar refractivity (Wildman–Crippen MR) is 68.8 cm³/mol. The molecule has 1 saturated carbocycles. The molecular formula is C14H19FN2O. The van der Waals surface area contributed by atoms with Crippen molar-refractivity contribution < 1.29 is 9.18 Å². The molecule has 3 N–H and O–H groups in total. The van der Waals surface area contributed by atoms with Gasteiger partial charge < -0.3 is 11.1 Å². The summed E-state index contributed by atoms with van der Waals surface area (Å²) in [6, 6.07) is 4.56. The molecule has 0 saturated heterocycles. The van der Waals surface area contributed by atoms with E-state index in [9.17, 15) is 9.18 Å². The fraction of sp³-hybridized carbons (Fsp3) is 0.500. The minimum Gasteiger partial charge on any atom is -0.351 e. The molecule has 1 aromatic carbocycles. The normalized spacial score (nSPS) is 16.4. The number of halogens is 1. The third kappa shape index (κ3) is 2.88. The van der Waals surface area contributed by atoms with Crippen LogP contribution in [0.3, 0.4) is 0 Å². The molecule has 98 valence electrons. The molecule has 4 heteroatoms. The summed E-state index contributed by atoms with van der Waals surface area (Å²) in [5.74, 6) is -0.553. The van der Waals surface area contributed by atoms with Crippen molar-refractivity contribution in [1.82, 2.24) is 5.32 Å². The number of hydrogen-bond donors (Lipinski definition) is 2. The molecule has 0 bridgehead atoms. The van der Waals surface area contributed by atoms with Crippen molar-refractivity contribution >= 4 is 5.91 Å². The number of benzene rings is 1. The quantitative estimate of drug-likeness (QED) is 0.839. The van der Waals surface area contributed by atoms with Gasteiger partial charge in [-0.3, -0.25) is 4.79 Å². The van der Waals surface area contributed by atoms with Crippen LogP contribution in [0.15, 0.2) is 18.2 Å². The third-order valence-corrected chi connectivity index (χ3v) is 3.69. The second-order valence-corrected chi connectivity index (χ2v) is 5.19. The van der Waals surface area contributed by atoms with Gasteiger partial charge in [0.2, 0.25) is 0 Å². The third-order valence-electron chi connectivity index (χ3n) is 3.69. The maximum Gasteiger partial charge on any atom is 0.251 e. The van der Waals surface area contributed by atoms with Gasteiger partial charge in [-0.05, 0) is 55.8 Å². The molecule has 0 atom stereocenters. The fourth-order valence-corrected chi connectivity index (χ4v) is 2.10. The molecule has 1 aromatic rings. The van der Waals surface area contributed by atoms with Gasteiger partial charge in [0, 0.05) is 12.1 Å². The van der Waals surface area contributed by atoms with Crippen LogP contribution in [0.2, 0.25) is 0 Å². The van der Waals surface area contributed by atoms with Crippen molar-refractivity contribution in [1.29, 1.82) is 0 Å². The molecule has 0 unspecified atom stereocenters. The smallest absolute Gasteiger partial charge is 0.251 e. The molecule has 3 nitrogen and oxygen atoms in total. The van der Waals surface area contributed by atoms with Crippen LogP contribution >= 0.6 is 0 Å². The van der Waals surface area contributed by atoms with E-state index >= 15 is 0 Å². The number of amides is 1. The van der Waals surface area contributed by atoms with E-state index in [-0.39, 0.29) is 17.1 Å². The first-order valence-corrected chi connectivity index (χ1v) is 6.31. The average molecular weight is 250 g/mol. The van der Waals surface area contributed by atoms with Gasteiger partial charge in [0.1, 0.15) is 5.82 Å². The van der Waals surface area contributed by atoms with E-state index in [1.54, 1.807) is 19.1 Å². The summed E-state index contributed by atoms with van der Waals surface area (Å²) in [4.78, 5) is 11.9. The SMILES string of the molecule is Cc1ccc(C(=O)NCC2(CCN)CC2)cc1F. The standard InChI is InChI=1S/C14H19FN2O/c1-10-2-3-11(8-12(10)15)13(18)17-9-14(4-5-14)6-7-16/h2-3,8H,4-7,9,16H2,1H3,(H,17,18). The maximum atomic E-state index is 13.4. The van der Waals surface area contributed by atoms with Crippen molar-refractivity contribution in [2.45, 2.75) is 26.2 Å². The number of aryl methyl sites for hydroxylation is 1. The Morgan fingerprint density at radius 3 is 2.78 bits per heavy atom. The van der Waals surface area contributed by atoms with Crippen LogP contribution in [0.25, 0.3) is 0 Å². The summed E-state index contributed by atoms with van der Waals surface area (Å²) in [6.45, 7) is 2.96. The molecule has 1 aliphatic rings. The summed E-state index contributed by atoms with van der Waals surface area (Å²) in [5, 5.41) is 2.87. The highest BCUT2D eigenvalue weighted by molar-refractivity contribution is 5.94. The zero-order valence-corrected chi connectivity index (χ0v) is 10.6. The molecule has 0 aliphatic heterocycles. The molecular weight excluding hydrogens is 231 g/mol. The average Bonchev–Trinajstić information content (AvgIpc) is 3.11. The van der Waals surface area contributed by atoms with E-state index in [4.69, 9.17) is 5.73 Å². The number of nitrogens with one attached hydrogen (secondary N) is 1. The van der Waals surface area contributed by atoms with Crippen molar-refractivity contribution in [2.75, 3.05) is 13.1 Å². The lowest BCUT2D eigenvalue weighted by Gasteiger charge is -2.14. The van der Waals surface area contributed by atoms with Gasteiger partial charge in [-0.25, -0.2) is 4.39 Å². The van der Waals surface area contributed by atoms with Crippen molar-refractivity contribution in [3.05, 3.63) is 35.1 Å². The highest BCUT2D eigenvalue weighted by Crippen LogP contribution is 2.47. The Hall–Kier alpha value is -1.42. The van der Waals surface area contributed by atoms with Crippen molar-refractivity contribution in [3.63, 3.8) is 0 Å². The second-order valence-electron chi connectivity index (χ2n) is 5.19. The Morgan fingerprint density at radius 2 is 2.22 bits per heavy atom. The summed E-state index contributed by atoms with van der Waals surface area (Å²) in [5.41, 5.74) is 6.67. The summed E-state index contributed by atoms with van der Waals surface area (Å²) in [6.07, 6.45) is 3.18. The predicted octanol–water partition coefficient (Wildman–Crippen LogP) is 1.99. The number of carbonyl (C=O) groups is 1. The molecule has 1 amide bonds. The fourth-order valence-electron chi connectivity index (χ4n) is 2.10. The number of nitrogens with two attached hydrogens (primary N) is 1. The molecule has 0 heterocycles. The van der Waals surface area contributed by atoms with Gasteiger partial charge in [0.25, 0.3) is 5.91 Å². The summed E-state index contributed by atoms with van der Waals surface area (Å²) in [7, 11) is 0. The van der Waals surface area contributed by atoms with E-state index in [1.165, 1.54) is 6.07 Å². The first kappa shape index (κ1) is 13.0. The van der Waals surface area contributed by atoms with Gasteiger partial charge in [0.15, 0.2) is 0 Å². The van der Waals surface area contributed by atoms with Crippen LogP contribution < -0.4 is 11.1 Å². The first-order chi connectivity index (χ1) is 8.56. The summed E-state index contributed by atoms with van der Waals surface area (Å²) >= 11 is 0. The molecule has 0 spiro atoms. The lowest BCUT2D eigenvalue weighted by atomic mass is 10.0. The topological polar surface area (TPSA) is 55.1 Å². The first-order valence-electron chi connectivity index (χ1n) is 6.31. The minimum atomic E-state index is -0.342. The van der Waals surface area contributed by atoms with Crippen LogP contribution in [0.1, 0.15) is 35.2 Å². The van der Waals surface area contributed by atoms with Gasteiger partial charge in [0.05, 0.1) is 0 Å². The van der Waals surface area contributed by atoms with Crippen molar-refractivity contribution in [3.8, 4) is 0 Å². The molecule has 18 heavy (non-hydrogen) atoms. The largest absolute Gasteiger partial charge is 0.351 e. The number of carbonyl (C=O) groups excluding carboxylic acids is 1. The Kier molecular flexibility index (Phi) is 3.66. The van der Waals surface area contributed by atoms with Crippen LogP contribution in [0.4, 0.5) is 4.39 Å². The number of rotatable bonds is 5. The monoisotopic (exact) mass is 250 g/mol. The van der Waals surface area contributed by atoms with Crippen LogP contribution in [0.5, 0.6) is 0 Å². The lowest BCUT2D eigenvalue weighted by Crippen LogP contribution is -2.31. The van der Waals surface area contributed by atoms with Gasteiger partial charge in [-0.15, -0.1) is 0 Å². The Bertz CT molecular complexity index is 455. The van der Waals surface area contributed by atoms with E-state index in [1.807, 2.05) is 0 Å². The Balaban J connectivity index is 1.93. The Morgan fingerprint density at radius 1 is 1.50 bits per heavy atom. The highest BCUT2D eigenvalue weighted by atomic mass is 19.1. The van der Waals surface area contributed by atoms with E-state index in [0.717, 1.165) is 19.3 Å². The lowest BCUT2D eigenvalue weighted by molar-refractivity contribution is 0.0943. The Labute approximate surface area is 107 Å². The molecule has 1 aliphatic carbocycles. The molecule has 0 radical (unpaired) electrons. The minimum absolute atomic E-state index is 0.202. The zero-order chi connectivity index (χ0) is 13.2. The molecule has 2 rings (SSSR count). The number of hydrogen-bond acceptors (Lipinski definition) is 2.